The van der Waals surface area contributed by atoms with Crippen LogP contribution in [0.2, 0.25) is 0 Å². The van der Waals surface area contributed by atoms with Gasteiger partial charge in [-0.05, 0) is 68.1 Å². The molecule has 26 heavy (non-hydrogen) atoms. The predicted octanol–water partition coefficient (Wildman–Crippen LogP) is 4.08. The molecule has 1 aromatic rings. The van der Waals surface area contributed by atoms with Crippen LogP contribution in [0.1, 0.15) is 43.2 Å². The van der Waals surface area contributed by atoms with Crippen LogP contribution in [0, 0.1) is 5.92 Å². The Morgan fingerprint density at radius 1 is 0.885 bits per heavy atom. The Labute approximate surface area is 177 Å². The largest absolute Gasteiger partial charge is 0.369 e. The molecule has 150 valence electrons. The SMILES string of the molecule is Cl.Cl.Cl.N[C@H]1CC[C@H](CN2CCN(c3cccc4c3CCC4)CC2)CC1. The monoisotopic (exact) mass is 421 g/mol. The number of benzene rings is 1. The summed E-state index contributed by atoms with van der Waals surface area (Å²) in [6.45, 7) is 6.15. The smallest absolute Gasteiger partial charge is 0.0402 e. The van der Waals surface area contributed by atoms with Gasteiger partial charge in [0, 0.05) is 44.5 Å². The first-order valence-electron chi connectivity index (χ1n) is 9.63. The van der Waals surface area contributed by atoms with E-state index in [4.69, 9.17) is 5.73 Å². The Kier molecular flexibility index (Phi) is 10.1. The van der Waals surface area contributed by atoms with Crippen molar-refractivity contribution in [3.8, 4) is 0 Å². The zero-order valence-electron chi connectivity index (χ0n) is 15.6. The fourth-order valence-corrected chi connectivity index (χ4v) is 4.80. The Balaban J connectivity index is 0.00000113. The van der Waals surface area contributed by atoms with Gasteiger partial charge in [-0.25, -0.2) is 0 Å². The van der Waals surface area contributed by atoms with E-state index in [9.17, 15) is 0 Å². The molecule has 2 fully saturated rings. The number of anilines is 1. The number of halogens is 3. The third-order valence-corrected chi connectivity index (χ3v) is 6.24. The van der Waals surface area contributed by atoms with E-state index in [0.717, 1.165) is 5.92 Å². The molecule has 0 atom stereocenters. The Bertz CT molecular complexity index is 539. The Morgan fingerprint density at radius 2 is 1.58 bits per heavy atom. The van der Waals surface area contributed by atoms with Crippen LogP contribution in [0.3, 0.4) is 0 Å². The molecule has 3 aliphatic rings. The van der Waals surface area contributed by atoms with Gasteiger partial charge in [0.05, 0.1) is 0 Å². The highest BCUT2D eigenvalue weighted by molar-refractivity contribution is 5.86. The van der Waals surface area contributed by atoms with Crippen LogP contribution in [-0.2, 0) is 12.8 Å². The molecule has 1 saturated heterocycles. The number of piperazine rings is 1. The van der Waals surface area contributed by atoms with Crippen molar-refractivity contribution >= 4 is 42.9 Å². The lowest BCUT2D eigenvalue weighted by Gasteiger charge is -2.39. The van der Waals surface area contributed by atoms with E-state index in [1.54, 1.807) is 11.1 Å². The zero-order valence-corrected chi connectivity index (χ0v) is 18.0. The van der Waals surface area contributed by atoms with E-state index >= 15 is 0 Å². The van der Waals surface area contributed by atoms with Gasteiger partial charge in [0.15, 0.2) is 0 Å². The average Bonchev–Trinajstić information content (AvgIpc) is 3.06. The van der Waals surface area contributed by atoms with Crippen molar-refractivity contribution in [1.29, 1.82) is 0 Å². The van der Waals surface area contributed by atoms with Gasteiger partial charge in [-0.1, -0.05) is 12.1 Å². The van der Waals surface area contributed by atoms with Crippen LogP contribution < -0.4 is 10.6 Å². The minimum absolute atomic E-state index is 0. The molecule has 1 aliphatic heterocycles. The van der Waals surface area contributed by atoms with Gasteiger partial charge in [0.1, 0.15) is 0 Å². The third kappa shape index (κ3) is 5.42. The minimum Gasteiger partial charge on any atom is -0.369 e. The van der Waals surface area contributed by atoms with E-state index in [1.165, 1.54) is 83.4 Å². The summed E-state index contributed by atoms with van der Waals surface area (Å²) in [7, 11) is 0. The molecule has 1 aromatic carbocycles. The molecule has 2 N–H and O–H groups in total. The molecule has 1 heterocycles. The van der Waals surface area contributed by atoms with Crippen LogP contribution in [0.15, 0.2) is 18.2 Å². The van der Waals surface area contributed by atoms with E-state index < -0.39 is 0 Å². The zero-order chi connectivity index (χ0) is 15.6. The summed E-state index contributed by atoms with van der Waals surface area (Å²) in [5, 5.41) is 0. The quantitative estimate of drug-likeness (QED) is 0.796. The van der Waals surface area contributed by atoms with E-state index in [0.29, 0.717) is 6.04 Å². The number of nitrogens with zero attached hydrogens (tertiary/aromatic N) is 2. The van der Waals surface area contributed by atoms with Crippen molar-refractivity contribution in [3.05, 3.63) is 29.3 Å². The fourth-order valence-electron chi connectivity index (χ4n) is 4.80. The standard InChI is InChI=1S/C20H31N3.3ClH/c21-18-9-7-16(8-10-18)15-22-11-13-23(14-12-22)20-6-2-4-17-3-1-5-19(17)20;;;/h2,4,6,16,18H,1,3,5,7-15,21H2;3*1H/t16-,18-;;;. The first-order chi connectivity index (χ1) is 11.3. The molecule has 0 aromatic heterocycles. The Hall–Kier alpha value is -0.190. The molecule has 4 rings (SSSR count). The molecule has 6 heteroatoms. The lowest BCUT2D eigenvalue weighted by atomic mass is 9.86. The van der Waals surface area contributed by atoms with Gasteiger partial charge in [-0.2, -0.15) is 0 Å². The summed E-state index contributed by atoms with van der Waals surface area (Å²) < 4.78 is 0. The molecule has 0 amide bonds. The van der Waals surface area contributed by atoms with Gasteiger partial charge in [-0.3, -0.25) is 4.90 Å². The number of nitrogens with two attached hydrogens (primary N) is 1. The Morgan fingerprint density at radius 3 is 2.27 bits per heavy atom. The van der Waals surface area contributed by atoms with Crippen LogP contribution in [0.4, 0.5) is 5.69 Å². The van der Waals surface area contributed by atoms with Gasteiger partial charge in [0.25, 0.3) is 0 Å². The van der Waals surface area contributed by atoms with E-state index in [1.807, 2.05) is 0 Å². The summed E-state index contributed by atoms with van der Waals surface area (Å²) in [5.74, 6) is 0.891. The molecule has 1 saturated carbocycles. The number of fused-ring (bicyclic) bond motifs is 1. The van der Waals surface area contributed by atoms with Crippen molar-refractivity contribution < 1.29 is 0 Å². The van der Waals surface area contributed by atoms with Crippen LogP contribution in [-0.4, -0.2) is 43.7 Å². The number of hydrogen-bond donors (Lipinski definition) is 1. The summed E-state index contributed by atoms with van der Waals surface area (Å²) in [6, 6.07) is 7.42. The lowest BCUT2D eigenvalue weighted by Crippen LogP contribution is -2.48. The second-order valence-electron chi connectivity index (χ2n) is 7.84. The highest BCUT2D eigenvalue weighted by Crippen LogP contribution is 2.32. The van der Waals surface area contributed by atoms with Gasteiger partial charge < -0.3 is 10.6 Å². The van der Waals surface area contributed by atoms with Crippen LogP contribution in [0.25, 0.3) is 0 Å². The highest BCUT2D eigenvalue weighted by atomic mass is 35.5. The third-order valence-electron chi connectivity index (χ3n) is 6.24. The summed E-state index contributed by atoms with van der Waals surface area (Å²) >= 11 is 0. The maximum absolute atomic E-state index is 6.04. The first kappa shape index (κ1) is 23.8. The summed E-state index contributed by atoms with van der Waals surface area (Å²) in [4.78, 5) is 5.33. The van der Waals surface area contributed by atoms with Gasteiger partial charge in [0.2, 0.25) is 0 Å². The highest BCUT2D eigenvalue weighted by Gasteiger charge is 2.25. The number of aryl methyl sites for hydroxylation is 1. The second kappa shape index (κ2) is 11.0. The first-order valence-corrected chi connectivity index (χ1v) is 9.63. The summed E-state index contributed by atoms with van der Waals surface area (Å²) in [5.41, 5.74) is 10.8. The van der Waals surface area contributed by atoms with Crippen molar-refractivity contribution in [3.63, 3.8) is 0 Å². The minimum atomic E-state index is 0. The molecule has 2 aliphatic carbocycles. The molecule has 0 unspecified atom stereocenters. The lowest BCUT2D eigenvalue weighted by molar-refractivity contribution is 0.186. The van der Waals surface area contributed by atoms with Gasteiger partial charge >= 0.3 is 0 Å². The van der Waals surface area contributed by atoms with E-state index in [2.05, 4.69) is 28.0 Å². The van der Waals surface area contributed by atoms with Crippen molar-refractivity contribution in [2.24, 2.45) is 11.7 Å². The molecule has 0 bridgehead atoms. The fraction of sp³-hybridized carbons (Fsp3) is 0.700. The van der Waals surface area contributed by atoms with Crippen LogP contribution in [0.5, 0.6) is 0 Å². The topological polar surface area (TPSA) is 32.5 Å². The van der Waals surface area contributed by atoms with E-state index in [-0.39, 0.29) is 37.2 Å². The van der Waals surface area contributed by atoms with Crippen LogP contribution >= 0.6 is 37.2 Å². The maximum atomic E-state index is 6.04. The molecule has 3 nitrogen and oxygen atoms in total. The van der Waals surface area contributed by atoms with Gasteiger partial charge in [-0.15, -0.1) is 37.2 Å². The second-order valence-corrected chi connectivity index (χ2v) is 7.84. The maximum Gasteiger partial charge on any atom is 0.0402 e. The van der Waals surface area contributed by atoms with Crippen molar-refractivity contribution in [2.75, 3.05) is 37.6 Å². The van der Waals surface area contributed by atoms with Crippen molar-refractivity contribution in [2.45, 2.75) is 51.0 Å². The number of rotatable bonds is 3. The molecule has 0 spiro atoms. The van der Waals surface area contributed by atoms with Crippen molar-refractivity contribution in [1.82, 2.24) is 4.90 Å². The number of hydrogen-bond acceptors (Lipinski definition) is 3. The summed E-state index contributed by atoms with van der Waals surface area (Å²) in [6.07, 6.45) is 9.07. The molecular weight excluding hydrogens is 389 g/mol. The predicted molar refractivity (Wildman–Crippen MR) is 119 cm³/mol. The normalized spacial score (nSPS) is 25.5. The molecular formula is C20H34Cl3N3. The average molecular weight is 423 g/mol. The molecule has 0 radical (unpaired) electrons.